The van der Waals surface area contributed by atoms with Gasteiger partial charge in [0.25, 0.3) is 0 Å². The first-order valence-electron chi connectivity index (χ1n) is 4.81. The molecule has 13 heavy (non-hydrogen) atoms. The van der Waals surface area contributed by atoms with Crippen LogP contribution in [0.4, 0.5) is 0 Å². The largest absolute Gasteiger partial charge is 0.325 e. The summed E-state index contributed by atoms with van der Waals surface area (Å²) < 4.78 is 22.8. The lowest BCUT2D eigenvalue weighted by molar-refractivity contribution is 0.334. The maximum Gasteiger partial charge on any atom is 0.155 e. The lowest BCUT2D eigenvalue weighted by Crippen LogP contribution is -2.45. The molecule has 76 valence electrons. The molecule has 3 nitrogen and oxygen atoms in total. The van der Waals surface area contributed by atoms with Crippen molar-refractivity contribution in [3.05, 3.63) is 0 Å². The molecular formula is C9H17NO2S. The second-order valence-electron chi connectivity index (χ2n) is 5.00. The third-order valence-corrected chi connectivity index (χ3v) is 6.50. The first-order valence-corrected chi connectivity index (χ1v) is 6.46. The fraction of sp³-hybridized carbons (Fsp3) is 1.00. The number of nitrogens with two attached hydrogens (primary N) is 1. The Morgan fingerprint density at radius 1 is 1.31 bits per heavy atom. The van der Waals surface area contributed by atoms with Gasteiger partial charge in [-0.25, -0.2) is 8.42 Å². The highest BCUT2D eigenvalue weighted by Gasteiger charge is 2.59. The van der Waals surface area contributed by atoms with Crippen LogP contribution in [0.2, 0.25) is 0 Å². The van der Waals surface area contributed by atoms with Gasteiger partial charge in [-0.3, -0.25) is 0 Å². The van der Waals surface area contributed by atoms with E-state index in [2.05, 4.69) is 0 Å². The molecule has 1 unspecified atom stereocenters. The molecule has 4 heteroatoms. The fourth-order valence-corrected chi connectivity index (χ4v) is 4.43. The smallest absolute Gasteiger partial charge is 0.155 e. The van der Waals surface area contributed by atoms with Crippen LogP contribution in [0.25, 0.3) is 0 Å². The van der Waals surface area contributed by atoms with Gasteiger partial charge in [0.15, 0.2) is 9.84 Å². The predicted molar refractivity (Wildman–Crippen MR) is 52.1 cm³/mol. The van der Waals surface area contributed by atoms with E-state index in [1.54, 1.807) is 0 Å². The van der Waals surface area contributed by atoms with Crippen LogP contribution in [0, 0.1) is 5.92 Å². The first kappa shape index (κ1) is 9.46. The summed E-state index contributed by atoms with van der Waals surface area (Å²) in [7, 11) is -2.90. The monoisotopic (exact) mass is 203 g/mol. The normalized spacial score (nSPS) is 38.8. The Kier molecular flexibility index (Phi) is 1.66. The van der Waals surface area contributed by atoms with Crippen molar-refractivity contribution in [1.82, 2.24) is 0 Å². The predicted octanol–water partition coefficient (Wildman–Crippen LogP) is 0.691. The summed E-state index contributed by atoms with van der Waals surface area (Å²) in [6.45, 7) is 3.65. The van der Waals surface area contributed by atoms with Gasteiger partial charge >= 0.3 is 0 Å². The third-order valence-electron chi connectivity index (χ3n) is 3.84. The highest BCUT2D eigenvalue weighted by Crippen LogP contribution is 2.52. The second kappa shape index (κ2) is 2.28. The zero-order chi connectivity index (χ0) is 9.91. The third kappa shape index (κ3) is 1.15. The van der Waals surface area contributed by atoms with Crippen molar-refractivity contribution >= 4 is 9.84 Å². The van der Waals surface area contributed by atoms with Gasteiger partial charge in [-0.05, 0) is 39.0 Å². The van der Waals surface area contributed by atoms with Gasteiger partial charge in [0.1, 0.15) is 0 Å². The second-order valence-corrected chi connectivity index (χ2v) is 7.69. The lowest BCUT2D eigenvalue weighted by atomic mass is 9.84. The molecule has 0 amide bonds. The maximum absolute atomic E-state index is 11.7. The average molecular weight is 203 g/mol. The summed E-state index contributed by atoms with van der Waals surface area (Å²) in [6.07, 6.45) is 2.75. The van der Waals surface area contributed by atoms with E-state index in [4.69, 9.17) is 5.73 Å². The number of hydrogen-bond acceptors (Lipinski definition) is 3. The summed E-state index contributed by atoms with van der Waals surface area (Å²) in [5.74, 6) is 0.494. The molecule has 1 aliphatic carbocycles. The van der Waals surface area contributed by atoms with Gasteiger partial charge in [0.05, 0.1) is 10.5 Å². The van der Waals surface area contributed by atoms with Crippen LogP contribution < -0.4 is 5.73 Å². The molecule has 1 heterocycles. The van der Waals surface area contributed by atoms with Crippen molar-refractivity contribution in [2.45, 2.75) is 43.4 Å². The van der Waals surface area contributed by atoms with Crippen LogP contribution in [-0.4, -0.2) is 24.5 Å². The van der Waals surface area contributed by atoms with E-state index in [0.29, 0.717) is 5.75 Å². The minimum atomic E-state index is -2.90. The van der Waals surface area contributed by atoms with Crippen molar-refractivity contribution in [3.8, 4) is 0 Å². The van der Waals surface area contributed by atoms with Crippen LogP contribution in [-0.2, 0) is 9.84 Å². The minimum absolute atomic E-state index is 0.160. The molecular weight excluding hydrogens is 186 g/mol. The van der Waals surface area contributed by atoms with Crippen LogP contribution in [0.3, 0.4) is 0 Å². The Hall–Kier alpha value is -0.0900. The molecule has 0 aromatic rings. The molecule has 1 saturated carbocycles. The molecule has 2 fully saturated rings. The van der Waals surface area contributed by atoms with Crippen molar-refractivity contribution in [1.29, 1.82) is 0 Å². The van der Waals surface area contributed by atoms with Crippen molar-refractivity contribution in [2.75, 3.05) is 5.75 Å². The van der Waals surface area contributed by atoms with Crippen LogP contribution in [0.1, 0.15) is 33.1 Å². The summed E-state index contributed by atoms with van der Waals surface area (Å²) in [5, 5.41) is 0. The van der Waals surface area contributed by atoms with E-state index in [1.807, 2.05) is 13.8 Å². The van der Waals surface area contributed by atoms with Crippen molar-refractivity contribution in [3.63, 3.8) is 0 Å². The van der Waals surface area contributed by atoms with Crippen molar-refractivity contribution in [2.24, 2.45) is 11.7 Å². The highest BCUT2D eigenvalue weighted by atomic mass is 32.2. The van der Waals surface area contributed by atoms with Gasteiger partial charge in [-0.1, -0.05) is 0 Å². The van der Waals surface area contributed by atoms with E-state index in [9.17, 15) is 8.42 Å². The van der Waals surface area contributed by atoms with Crippen molar-refractivity contribution < 1.29 is 8.42 Å². The molecule has 0 aromatic carbocycles. The molecule has 2 N–H and O–H groups in total. The van der Waals surface area contributed by atoms with Crippen LogP contribution in [0.5, 0.6) is 0 Å². The van der Waals surface area contributed by atoms with Gasteiger partial charge < -0.3 is 5.73 Å². The molecule has 0 aromatic heterocycles. The Balaban J connectivity index is 2.35. The Bertz CT molecular complexity index is 328. The van der Waals surface area contributed by atoms with Crippen LogP contribution >= 0.6 is 0 Å². The SMILES string of the molecule is CC1(C)C(C2(N)CC2)CCS1(=O)=O. The summed E-state index contributed by atoms with van der Waals surface area (Å²) >= 11 is 0. The lowest BCUT2D eigenvalue weighted by Gasteiger charge is -2.30. The standard InChI is InChI=1S/C9H17NO2S/c1-8(2)7(9(10)4-5-9)3-6-13(8,11)12/h7H,3-6,10H2,1-2H3. The molecule has 0 spiro atoms. The van der Waals surface area contributed by atoms with E-state index in [-0.39, 0.29) is 11.5 Å². The number of hydrogen-bond donors (Lipinski definition) is 1. The Morgan fingerprint density at radius 2 is 1.85 bits per heavy atom. The quantitative estimate of drug-likeness (QED) is 0.682. The maximum atomic E-state index is 11.7. The minimum Gasteiger partial charge on any atom is -0.325 e. The van der Waals surface area contributed by atoms with E-state index in [0.717, 1.165) is 19.3 Å². The van der Waals surface area contributed by atoms with E-state index < -0.39 is 14.6 Å². The molecule has 2 rings (SSSR count). The Morgan fingerprint density at radius 3 is 2.15 bits per heavy atom. The molecule has 0 radical (unpaired) electrons. The molecule has 1 saturated heterocycles. The molecule has 1 atom stereocenters. The zero-order valence-corrected chi connectivity index (χ0v) is 9.02. The van der Waals surface area contributed by atoms with Gasteiger partial charge in [-0.15, -0.1) is 0 Å². The summed E-state index contributed by atoms with van der Waals surface area (Å²) in [5.41, 5.74) is 5.92. The van der Waals surface area contributed by atoms with E-state index in [1.165, 1.54) is 0 Å². The summed E-state index contributed by atoms with van der Waals surface area (Å²) in [4.78, 5) is 0. The summed E-state index contributed by atoms with van der Waals surface area (Å²) in [6, 6.07) is 0. The molecule has 1 aliphatic heterocycles. The fourth-order valence-electron chi connectivity index (χ4n) is 2.57. The number of sulfone groups is 1. The number of rotatable bonds is 1. The highest BCUT2D eigenvalue weighted by molar-refractivity contribution is 7.93. The van der Waals surface area contributed by atoms with Gasteiger partial charge in [0.2, 0.25) is 0 Å². The molecule has 2 aliphatic rings. The first-order chi connectivity index (χ1) is 5.80. The van der Waals surface area contributed by atoms with Crippen LogP contribution in [0.15, 0.2) is 0 Å². The van der Waals surface area contributed by atoms with E-state index >= 15 is 0 Å². The molecule has 0 bridgehead atoms. The average Bonchev–Trinajstić information content (AvgIpc) is 2.62. The zero-order valence-electron chi connectivity index (χ0n) is 8.21. The van der Waals surface area contributed by atoms with Gasteiger partial charge in [0, 0.05) is 5.54 Å². The Labute approximate surface area is 79.6 Å². The van der Waals surface area contributed by atoms with Gasteiger partial charge in [-0.2, -0.15) is 0 Å². The topological polar surface area (TPSA) is 60.2 Å².